The van der Waals surface area contributed by atoms with Crippen molar-refractivity contribution in [2.45, 2.75) is 27.2 Å². The number of hydrogen-bond donors (Lipinski definition) is 1. The normalized spacial score (nSPS) is 14.9. The standard InChI is InChI=1S/C18H26N4O4/c1-18(2,3)12-16(23)19-13-17(24)21-10-8-20(9-11-21)14-6-4-5-7-15(14)22(25)26/h4-7H,8-13H2,1-3H3,(H,19,23). The summed E-state index contributed by atoms with van der Waals surface area (Å²) in [7, 11) is 0. The van der Waals surface area contributed by atoms with Crippen molar-refractivity contribution in [1.82, 2.24) is 10.2 Å². The molecule has 2 amide bonds. The second-order valence-electron chi connectivity index (χ2n) is 7.63. The van der Waals surface area contributed by atoms with Crippen LogP contribution in [-0.2, 0) is 9.59 Å². The summed E-state index contributed by atoms with van der Waals surface area (Å²) in [5.41, 5.74) is 0.521. The Bertz CT molecular complexity index is 676. The van der Waals surface area contributed by atoms with Crippen LogP contribution >= 0.6 is 0 Å². The van der Waals surface area contributed by atoms with E-state index < -0.39 is 4.92 Å². The van der Waals surface area contributed by atoms with Gasteiger partial charge in [-0.2, -0.15) is 0 Å². The maximum Gasteiger partial charge on any atom is 0.292 e. The van der Waals surface area contributed by atoms with Crippen LogP contribution in [0.15, 0.2) is 24.3 Å². The number of benzene rings is 1. The number of nitrogens with one attached hydrogen (secondary N) is 1. The topological polar surface area (TPSA) is 95.8 Å². The number of carbonyl (C=O) groups excluding carboxylic acids is 2. The lowest BCUT2D eigenvalue weighted by atomic mass is 9.92. The van der Waals surface area contributed by atoms with Gasteiger partial charge in [-0.1, -0.05) is 32.9 Å². The van der Waals surface area contributed by atoms with E-state index in [2.05, 4.69) is 5.32 Å². The van der Waals surface area contributed by atoms with Crippen molar-refractivity contribution in [3.63, 3.8) is 0 Å². The van der Waals surface area contributed by atoms with Crippen molar-refractivity contribution in [2.24, 2.45) is 5.41 Å². The third-order valence-corrected chi connectivity index (χ3v) is 4.18. The molecule has 1 fully saturated rings. The number of nitro groups is 1. The third kappa shape index (κ3) is 5.44. The van der Waals surface area contributed by atoms with E-state index >= 15 is 0 Å². The van der Waals surface area contributed by atoms with E-state index in [-0.39, 0.29) is 29.5 Å². The van der Waals surface area contributed by atoms with Crippen LogP contribution in [0.3, 0.4) is 0 Å². The molecular weight excluding hydrogens is 336 g/mol. The molecule has 0 aromatic heterocycles. The predicted octanol–water partition coefficient (Wildman–Crippen LogP) is 1.80. The lowest BCUT2D eigenvalue weighted by Crippen LogP contribution is -2.51. The van der Waals surface area contributed by atoms with Gasteiger partial charge in [0.15, 0.2) is 0 Å². The highest BCUT2D eigenvalue weighted by molar-refractivity contribution is 5.85. The average molecular weight is 362 g/mol. The van der Waals surface area contributed by atoms with Gasteiger partial charge in [0.05, 0.1) is 11.5 Å². The second-order valence-corrected chi connectivity index (χ2v) is 7.63. The summed E-state index contributed by atoms with van der Waals surface area (Å²) in [6.07, 6.45) is 0.367. The van der Waals surface area contributed by atoms with E-state index in [1.165, 1.54) is 6.07 Å². The fourth-order valence-corrected chi connectivity index (χ4v) is 2.91. The van der Waals surface area contributed by atoms with Crippen LogP contribution in [0.1, 0.15) is 27.2 Å². The Labute approximate surface area is 153 Å². The highest BCUT2D eigenvalue weighted by atomic mass is 16.6. The maximum absolute atomic E-state index is 12.3. The molecule has 8 nitrogen and oxygen atoms in total. The molecule has 0 unspecified atom stereocenters. The lowest BCUT2D eigenvalue weighted by molar-refractivity contribution is -0.384. The van der Waals surface area contributed by atoms with Gasteiger partial charge < -0.3 is 15.1 Å². The van der Waals surface area contributed by atoms with Crippen LogP contribution < -0.4 is 10.2 Å². The number of hydrogen-bond acceptors (Lipinski definition) is 5. The number of nitro benzene ring substituents is 1. The molecular formula is C18H26N4O4. The van der Waals surface area contributed by atoms with Crippen molar-refractivity contribution in [1.29, 1.82) is 0 Å². The summed E-state index contributed by atoms with van der Waals surface area (Å²) in [6.45, 7) is 7.88. The zero-order valence-corrected chi connectivity index (χ0v) is 15.5. The summed E-state index contributed by atoms with van der Waals surface area (Å²) in [5.74, 6) is -0.265. The summed E-state index contributed by atoms with van der Waals surface area (Å²) < 4.78 is 0. The molecule has 0 aliphatic carbocycles. The van der Waals surface area contributed by atoms with Crippen LogP contribution in [0.2, 0.25) is 0 Å². The zero-order chi connectivity index (χ0) is 19.3. The van der Waals surface area contributed by atoms with E-state index in [4.69, 9.17) is 0 Å². The first-order valence-electron chi connectivity index (χ1n) is 8.70. The van der Waals surface area contributed by atoms with Crippen LogP contribution in [-0.4, -0.2) is 54.4 Å². The molecule has 0 bridgehead atoms. The Morgan fingerprint density at radius 1 is 1.15 bits per heavy atom. The summed E-state index contributed by atoms with van der Waals surface area (Å²) >= 11 is 0. The van der Waals surface area contributed by atoms with E-state index in [1.54, 1.807) is 23.1 Å². The van der Waals surface area contributed by atoms with Crippen molar-refractivity contribution in [3.8, 4) is 0 Å². The number of rotatable bonds is 5. The fourth-order valence-electron chi connectivity index (χ4n) is 2.91. The number of carbonyl (C=O) groups is 2. The van der Waals surface area contributed by atoms with Crippen molar-refractivity contribution >= 4 is 23.2 Å². The van der Waals surface area contributed by atoms with Gasteiger partial charge in [0, 0.05) is 38.7 Å². The molecule has 26 heavy (non-hydrogen) atoms. The first kappa shape index (κ1) is 19.7. The lowest BCUT2D eigenvalue weighted by Gasteiger charge is -2.35. The average Bonchev–Trinajstić information content (AvgIpc) is 2.58. The van der Waals surface area contributed by atoms with Crippen molar-refractivity contribution in [3.05, 3.63) is 34.4 Å². The van der Waals surface area contributed by atoms with Gasteiger partial charge in [-0.3, -0.25) is 19.7 Å². The number of piperazine rings is 1. The Kier molecular flexibility index (Phi) is 6.18. The van der Waals surface area contributed by atoms with Gasteiger partial charge in [0.1, 0.15) is 5.69 Å². The highest BCUT2D eigenvalue weighted by Gasteiger charge is 2.25. The van der Waals surface area contributed by atoms with E-state index in [1.807, 2.05) is 25.7 Å². The Morgan fingerprint density at radius 3 is 2.35 bits per heavy atom. The Balaban J connectivity index is 1.86. The number of nitrogens with zero attached hydrogens (tertiary/aromatic N) is 3. The molecule has 0 atom stereocenters. The molecule has 1 heterocycles. The van der Waals surface area contributed by atoms with Gasteiger partial charge in [-0.15, -0.1) is 0 Å². The molecule has 0 spiro atoms. The first-order valence-corrected chi connectivity index (χ1v) is 8.70. The van der Waals surface area contributed by atoms with E-state index in [9.17, 15) is 19.7 Å². The summed E-state index contributed by atoms with van der Waals surface area (Å²) in [5, 5.41) is 13.8. The predicted molar refractivity (Wildman–Crippen MR) is 99.0 cm³/mol. The minimum absolute atomic E-state index is 0.0135. The van der Waals surface area contributed by atoms with Crippen molar-refractivity contribution < 1.29 is 14.5 Å². The van der Waals surface area contributed by atoms with Crippen LogP contribution in [0.5, 0.6) is 0 Å². The smallest absolute Gasteiger partial charge is 0.292 e. The molecule has 1 aromatic rings. The molecule has 142 valence electrons. The minimum atomic E-state index is -0.391. The molecule has 1 aliphatic rings. The number of para-hydroxylation sites is 2. The monoisotopic (exact) mass is 362 g/mol. The largest absolute Gasteiger partial charge is 0.362 e. The fraction of sp³-hybridized carbons (Fsp3) is 0.556. The molecule has 0 saturated carbocycles. The van der Waals surface area contributed by atoms with Crippen molar-refractivity contribution in [2.75, 3.05) is 37.6 Å². The van der Waals surface area contributed by atoms with Crippen LogP contribution in [0, 0.1) is 15.5 Å². The molecule has 1 saturated heterocycles. The third-order valence-electron chi connectivity index (χ3n) is 4.18. The molecule has 1 aromatic carbocycles. The molecule has 1 N–H and O–H groups in total. The minimum Gasteiger partial charge on any atom is -0.362 e. The molecule has 8 heteroatoms. The summed E-state index contributed by atoms with van der Waals surface area (Å²) in [6, 6.07) is 6.62. The molecule has 1 aliphatic heterocycles. The maximum atomic E-state index is 12.3. The quantitative estimate of drug-likeness (QED) is 0.636. The highest BCUT2D eigenvalue weighted by Crippen LogP contribution is 2.28. The van der Waals surface area contributed by atoms with Crippen LogP contribution in [0.25, 0.3) is 0 Å². The van der Waals surface area contributed by atoms with Gasteiger partial charge in [-0.25, -0.2) is 0 Å². The Morgan fingerprint density at radius 2 is 1.77 bits per heavy atom. The SMILES string of the molecule is CC(C)(C)CC(=O)NCC(=O)N1CCN(c2ccccc2[N+](=O)[O-])CC1. The van der Waals surface area contributed by atoms with E-state index in [0.717, 1.165) is 0 Å². The van der Waals surface area contributed by atoms with Crippen LogP contribution in [0.4, 0.5) is 11.4 Å². The van der Waals surface area contributed by atoms with E-state index in [0.29, 0.717) is 38.3 Å². The zero-order valence-electron chi connectivity index (χ0n) is 15.5. The Hall–Kier alpha value is -2.64. The first-order chi connectivity index (χ1) is 12.2. The van der Waals surface area contributed by atoms with Gasteiger partial charge in [0.25, 0.3) is 5.69 Å². The summed E-state index contributed by atoms with van der Waals surface area (Å²) in [4.78, 5) is 38.5. The van der Waals surface area contributed by atoms with Gasteiger partial charge in [-0.05, 0) is 11.5 Å². The van der Waals surface area contributed by atoms with Gasteiger partial charge in [0.2, 0.25) is 11.8 Å². The molecule has 2 rings (SSSR count). The molecule has 0 radical (unpaired) electrons. The number of amides is 2. The second kappa shape index (κ2) is 8.16. The van der Waals surface area contributed by atoms with Gasteiger partial charge >= 0.3 is 0 Å². The number of anilines is 1.